The van der Waals surface area contributed by atoms with Gasteiger partial charge in [-0.1, -0.05) is 24.3 Å². The molecule has 2 aromatic heterocycles. The number of fused-ring (bicyclic) bond motifs is 2. The van der Waals surface area contributed by atoms with Crippen LogP contribution in [-0.2, 0) is 11.2 Å². The van der Waals surface area contributed by atoms with Gasteiger partial charge in [-0.2, -0.15) is 0 Å². The molecular weight excluding hydrogens is 507 g/mol. The molecule has 3 aliphatic rings. The van der Waals surface area contributed by atoms with Crippen molar-refractivity contribution >= 4 is 23.1 Å². The van der Waals surface area contributed by atoms with Crippen LogP contribution in [0.25, 0.3) is 17.0 Å². The molecule has 2 aromatic carbocycles. The molecule has 9 heteroatoms. The third-order valence-corrected chi connectivity index (χ3v) is 8.71. The largest absolute Gasteiger partial charge is 0.371 e. The molecule has 2 amide bonds. The quantitative estimate of drug-likeness (QED) is 0.404. The molecule has 2 aliphatic heterocycles. The Labute approximate surface area is 231 Å². The van der Waals surface area contributed by atoms with Gasteiger partial charge in [0.1, 0.15) is 5.82 Å². The van der Waals surface area contributed by atoms with Crippen molar-refractivity contribution in [3.63, 3.8) is 0 Å². The number of pyridine rings is 1. The van der Waals surface area contributed by atoms with Crippen LogP contribution in [0.15, 0.2) is 54.6 Å². The normalized spacial score (nSPS) is 20.6. The second-order valence-electron chi connectivity index (χ2n) is 11.3. The Kier molecular flexibility index (Phi) is 5.83. The third-order valence-electron chi connectivity index (χ3n) is 8.71. The van der Waals surface area contributed by atoms with Gasteiger partial charge in [-0.15, -0.1) is 5.10 Å². The summed E-state index contributed by atoms with van der Waals surface area (Å²) in [5.74, 6) is -0.398. The van der Waals surface area contributed by atoms with E-state index in [1.165, 1.54) is 17.2 Å². The van der Waals surface area contributed by atoms with E-state index in [0.29, 0.717) is 54.4 Å². The van der Waals surface area contributed by atoms with Crippen LogP contribution < -0.4 is 10.6 Å². The number of nitrogens with two attached hydrogens (primary N) is 1. The maximum Gasteiger partial charge on any atom is 0.254 e. The predicted molar refractivity (Wildman–Crippen MR) is 149 cm³/mol. The van der Waals surface area contributed by atoms with Crippen LogP contribution in [0.4, 0.5) is 10.1 Å². The van der Waals surface area contributed by atoms with Crippen LogP contribution in [0, 0.1) is 11.7 Å². The molecule has 0 spiro atoms. The summed E-state index contributed by atoms with van der Waals surface area (Å²) in [7, 11) is 0. The number of halogens is 1. The number of anilines is 1. The molecule has 4 aromatic rings. The zero-order valence-corrected chi connectivity index (χ0v) is 22.4. The van der Waals surface area contributed by atoms with E-state index < -0.39 is 5.82 Å². The number of carbonyl (C=O) groups is 2. The second kappa shape index (κ2) is 9.43. The van der Waals surface area contributed by atoms with Crippen molar-refractivity contribution in [1.29, 1.82) is 0 Å². The molecule has 4 heterocycles. The Morgan fingerprint density at radius 3 is 2.60 bits per heavy atom. The number of rotatable bonds is 5. The number of nitrogens with zero attached hydrogens (tertiary/aromatic N) is 5. The van der Waals surface area contributed by atoms with Crippen LogP contribution in [-0.4, -0.2) is 50.9 Å². The van der Waals surface area contributed by atoms with E-state index in [9.17, 15) is 9.59 Å². The molecule has 1 saturated carbocycles. The van der Waals surface area contributed by atoms with Gasteiger partial charge in [0.25, 0.3) is 5.91 Å². The van der Waals surface area contributed by atoms with Crippen molar-refractivity contribution < 1.29 is 14.0 Å². The van der Waals surface area contributed by atoms with E-state index >= 15 is 4.39 Å². The van der Waals surface area contributed by atoms with E-state index in [4.69, 9.17) is 10.8 Å². The molecule has 1 unspecified atom stereocenters. The fourth-order valence-electron chi connectivity index (χ4n) is 6.24. The fourth-order valence-corrected chi connectivity index (χ4v) is 6.24. The molecule has 8 nitrogen and oxygen atoms in total. The molecule has 2 N–H and O–H groups in total. The highest BCUT2D eigenvalue weighted by Crippen LogP contribution is 2.41. The van der Waals surface area contributed by atoms with Crippen molar-refractivity contribution in [3.05, 3.63) is 82.8 Å². The highest BCUT2D eigenvalue weighted by Gasteiger charge is 2.32. The van der Waals surface area contributed by atoms with Gasteiger partial charge < -0.3 is 15.5 Å². The minimum absolute atomic E-state index is 0.0204. The van der Waals surface area contributed by atoms with E-state index in [1.54, 1.807) is 16.6 Å². The Balaban J connectivity index is 1.21. The van der Waals surface area contributed by atoms with Gasteiger partial charge in [-0.3, -0.25) is 9.59 Å². The molecule has 40 heavy (non-hydrogen) atoms. The summed E-state index contributed by atoms with van der Waals surface area (Å²) in [6.07, 6.45) is 3.55. The highest BCUT2D eigenvalue weighted by molar-refractivity contribution is 5.96. The van der Waals surface area contributed by atoms with Crippen LogP contribution in [0.2, 0.25) is 0 Å². The number of carbonyl (C=O) groups excluding carboxylic acids is 2. The van der Waals surface area contributed by atoms with E-state index in [1.807, 2.05) is 34.1 Å². The van der Waals surface area contributed by atoms with Crippen molar-refractivity contribution in [3.8, 4) is 11.4 Å². The SMILES string of the molecule is C[C@@H]1c2ccccc2CCN1C(=O)c1cc(C2CC2)n2nc(-c3ccc(N4CCC(C(N)=O)C4)cc3F)nc2c1. The van der Waals surface area contributed by atoms with Crippen LogP contribution in [0.3, 0.4) is 0 Å². The number of hydrogen-bond acceptors (Lipinski definition) is 5. The van der Waals surface area contributed by atoms with Crippen molar-refractivity contribution in [2.75, 3.05) is 24.5 Å². The summed E-state index contributed by atoms with van der Waals surface area (Å²) in [4.78, 5) is 33.9. The lowest BCUT2D eigenvalue weighted by atomic mass is 9.93. The summed E-state index contributed by atoms with van der Waals surface area (Å²) in [5, 5.41) is 4.69. The minimum atomic E-state index is -0.430. The van der Waals surface area contributed by atoms with Crippen molar-refractivity contribution in [2.45, 2.75) is 44.6 Å². The molecule has 1 saturated heterocycles. The first-order valence-electron chi connectivity index (χ1n) is 14.0. The molecule has 2 fully saturated rings. The Bertz CT molecular complexity index is 1660. The summed E-state index contributed by atoms with van der Waals surface area (Å²) in [5.41, 5.74) is 11.0. The average molecular weight is 539 g/mol. The van der Waals surface area contributed by atoms with Gasteiger partial charge in [-0.05, 0) is 74.1 Å². The van der Waals surface area contributed by atoms with E-state index in [0.717, 1.165) is 25.0 Å². The predicted octanol–water partition coefficient (Wildman–Crippen LogP) is 4.48. The zero-order chi connectivity index (χ0) is 27.5. The first kappa shape index (κ1) is 24.7. The van der Waals surface area contributed by atoms with Crippen molar-refractivity contribution in [1.82, 2.24) is 19.5 Å². The van der Waals surface area contributed by atoms with Crippen molar-refractivity contribution in [2.24, 2.45) is 11.7 Å². The van der Waals surface area contributed by atoms with E-state index in [2.05, 4.69) is 24.0 Å². The summed E-state index contributed by atoms with van der Waals surface area (Å²) in [6, 6.07) is 17.0. The third kappa shape index (κ3) is 4.20. The number of amides is 2. The summed E-state index contributed by atoms with van der Waals surface area (Å²) in [6.45, 7) is 3.88. The van der Waals surface area contributed by atoms with Gasteiger partial charge in [0.15, 0.2) is 11.5 Å². The molecular formula is C31H31FN6O2. The van der Waals surface area contributed by atoms with Gasteiger partial charge in [0.2, 0.25) is 5.91 Å². The molecule has 204 valence electrons. The van der Waals surface area contributed by atoms with E-state index in [-0.39, 0.29) is 29.6 Å². The molecule has 1 aliphatic carbocycles. The van der Waals surface area contributed by atoms with Crippen LogP contribution in [0.5, 0.6) is 0 Å². The second-order valence-corrected chi connectivity index (χ2v) is 11.3. The fraction of sp³-hybridized carbons (Fsp3) is 0.355. The van der Waals surface area contributed by atoms with Gasteiger partial charge in [-0.25, -0.2) is 13.9 Å². The Hall–Kier alpha value is -4.27. The maximum atomic E-state index is 15.4. The smallest absolute Gasteiger partial charge is 0.254 e. The lowest BCUT2D eigenvalue weighted by Crippen LogP contribution is -2.38. The maximum absolute atomic E-state index is 15.4. The minimum Gasteiger partial charge on any atom is -0.371 e. The first-order valence-corrected chi connectivity index (χ1v) is 14.0. The zero-order valence-electron chi connectivity index (χ0n) is 22.4. The van der Waals surface area contributed by atoms with Gasteiger partial charge in [0, 0.05) is 42.5 Å². The number of benzene rings is 2. The van der Waals surface area contributed by atoms with Crippen LogP contribution >= 0.6 is 0 Å². The molecule has 7 rings (SSSR count). The number of hydrogen-bond donors (Lipinski definition) is 1. The summed E-state index contributed by atoms with van der Waals surface area (Å²) < 4.78 is 17.2. The highest BCUT2D eigenvalue weighted by atomic mass is 19.1. The number of primary amides is 1. The lowest BCUT2D eigenvalue weighted by molar-refractivity contribution is -0.121. The van der Waals surface area contributed by atoms with Gasteiger partial charge in [0.05, 0.1) is 17.5 Å². The lowest BCUT2D eigenvalue weighted by Gasteiger charge is -2.35. The topological polar surface area (TPSA) is 96.8 Å². The molecule has 0 radical (unpaired) electrons. The monoisotopic (exact) mass is 538 g/mol. The summed E-state index contributed by atoms with van der Waals surface area (Å²) >= 11 is 0. The van der Waals surface area contributed by atoms with Gasteiger partial charge >= 0.3 is 0 Å². The molecule has 0 bridgehead atoms. The number of aromatic nitrogens is 3. The Morgan fingerprint density at radius 2 is 1.85 bits per heavy atom. The Morgan fingerprint density at radius 1 is 1.02 bits per heavy atom. The van der Waals surface area contributed by atoms with Crippen LogP contribution in [0.1, 0.15) is 65.3 Å². The average Bonchev–Trinajstić information content (AvgIpc) is 3.51. The molecule has 2 atom stereocenters. The first-order chi connectivity index (χ1) is 19.4. The standard InChI is InChI=1S/C31H31FN6O2/c1-18-24-5-3-2-4-19(24)11-13-37(18)31(40)22-14-27(20-6-7-20)38-28(15-22)34-30(35-38)25-9-8-23(16-26(25)32)36-12-10-21(17-36)29(33)39/h2-5,8-9,14-16,18,20-21H,6-7,10-13,17H2,1H3,(H2,33,39)/t18-,21?/m1/s1.